The van der Waals surface area contributed by atoms with E-state index in [9.17, 15) is 0 Å². The van der Waals surface area contributed by atoms with Crippen LogP contribution in [0.4, 0.5) is 0 Å². The van der Waals surface area contributed by atoms with Gasteiger partial charge >= 0.3 is 0 Å². The zero-order chi connectivity index (χ0) is 10.3. The summed E-state index contributed by atoms with van der Waals surface area (Å²) in [4.78, 5) is 0. The normalized spacial score (nSPS) is 21.3. The highest BCUT2D eigenvalue weighted by molar-refractivity contribution is 7.99. The highest BCUT2D eigenvalue weighted by Crippen LogP contribution is 2.31. The minimum atomic E-state index is 0.590. The van der Waals surface area contributed by atoms with E-state index in [1.165, 1.54) is 23.5 Å². The van der Waals surface area contributed by atoms with Crippen LogP contribution in [0.2, 0.25) is 0 Å². The molecule has 0 N–H and O–H groups in total. The van der Waals surface area contributed by atoms with Gasteiger partial charge in [-0.2, -0.15) is 11.8 Å². The molecule has 3 nitrogen and oxygen atoms in total. The fourth-order valence-electron chi connectivity index (χ4n) is 2.08. The van der Waals surface area contributed by atoms with Crippen molar-refractivity contribution in [2.75, 3.05) is 11.5 Å². The Kier molecular flexibility index (Phi) is 2.16. The third-order valence-electron chi connectivity index (χ3n) is 2.95. The van der Waals surface area contributed by atoms with Gasteiger partial charge in [-0.15, -0.1) is 10.2 Å². The number of aryl methyl sites for hydroxylation is 1. The molecule has 1 aliphatic rings. The summed E-state index contributed by atoms with van der Waals surface area (Å²) in [5.41, 5.74) is 2.20. The zero-order valence-corrected chi connectivity index (χ0v) is 9.50. The van der Waals surface area contributed by atoms with Crippen LogP contribution in [-0.4, -0.2) is 26.1 Å². The summed E-state index contributed by atoms with van der Waals surface area (Å²) in [6.07, 6.45) is 3.31. The smallest absolute Gasteiger partial charge is 0.163 e. The molecule has 2 aromatic heterocycles. The number of rotatable bonds is 1. The predicted octanol–water partition coefficient (Wildman–Crippen LogP) is 2.26. The van der Waals surface area contributed by atoms with Crippen molar-refractivity contribution in [1.29, 1.82) is 0 Å². The van der Waals surface area contributed by atoms with E-state index in [1.807, 2.05) is 11.8 Å². The molecule has 3 rings (SSSR count). The number of thioether (sulfide) groups is 1. The highest BCUT2D eigenvalue weighted by Gasteiger charge is 2.22. The van der Waals surface area contributed by atoms with Crippen LogP contribution in [0.15, 0.2) is 18.3 Å². The largest absolute Gasteiger partial charge is 0.286 e. The van der Waals surface area contributed by atoms with E-state index in [2.05, 4.69) is 39.9 Å². The van der Waals surface area contributed by atoms with Crippen LogP contribution in [-0.2, 0) is 0 Å². The van der Waals surface area contributed by atoms with E-state index >= 15 is 0 Å². The fraction of sp³-hybridized carbons (Fsp3) is 0.455. The van der Waals surface area contributed by atoms with Gasteiger partial charge in [0, 0.05) is 17.9 Å². The third kappa shape index (κ3) is 1.44. The maximum absolute atomic E-state index is 4.34. The van der Waals surface area contributed by atoms with E-state index in [0.29, 0.717) is 5.92 Å². The Hall–Kier alpha value is -1.03. The van der Waals surface area contributed by atoms with Gasteiger partial charge in [-0.3, -0.25) is 4.40 Å². The predicted molar refractivity (Wildman–Crippen MR) is 62.4 cm³/mol. The molecule has 2 aromatic rings. The summed E-state index contributed by atoms with van der Waals surface area (Å²) in [6, 6.07) is 4.15. The summed E-state index contributed by atoms with van der Waals surface area (Å²) >= 11 is 2.01. The molecular weight excluding hydrogens is 206 g/mol. The molecule has 0 spiro atoms. The maximum Gasteiger partial charge on any atom is 0.163 e. The fourth-order valence-corrected chi connectivity index (χ4v) is 3.30. The van der Waals surface area contributed by atoms with Crippen LogP contribution in [0.5, 0.6) is 0 Å². The molecule has 0 bridgehead atoms. The van der Waals surface area contributed by atoms with Crippen molar-refractivity contribution in [2.45, 2.75) is 19.3 Å². The minimum Gasteiger partial charge on any atom is -0.286 e. The SMILES string of the molecule is Cc1cccn2c(C3CCSC3)nnc12. The highest BCUT2D eigenvalue weighted by atomic mass is 32.2. The molecule has 1 saturated heterocycles. The summed E-state index contributed by atoms with van der Waals surface area (Å²) in [6.45, 7) is 2.08. The Morgan fingerprint density at radius 2 is 2.40 bits per heavy atom. The molecule has 1 unspecified atom stereocenters. The Balaban J connectivity index is 2.15. The number of pyridine rings is 1. The Morgan fingerprint density at radius 1 is 1.47 bits per heavy atom. The van der Waals surface area contributed by atoms with E-state index in [-0.39, 0.29) is 0 Å². The molecule has 0 aromatic carbocycles. The van der Waals surface area contributed by atoms with Crippen molar-refractivity contribution in [3.05, 3.63) is 29.7 Å². The van der Waals surface area contributed by atoms with E-state index in [1.54, 1.807) is 0 Å². The lowest BCUT2D eigenvalue weighted by Crippen LogP contribution is -2.03. The van der Waals surface area contributed by atoms with Gasteiger partial charge in [-0.25, -0.2) is 0 Å². The average molecular weight is 219 g/mol. The van der Waals surface area contributed by atoms with Gasteiger partial charge < -0.3 is 0 Å². The number of nitrogens with zero attached hydrogens (tertiary/aromatic N) is 3. The molecule has 0 saturated carbocycles. The molecule has 0 radical (unpaired) electrons. The molecule has 0 aliphatic carbocycles. The van der Waals surface area contributed by atoms with Crippen LogP contribution in [0.25, 0.3) is 5.65 Å². The molecule has 78 valence electrons. The molecule has 1 atom stereocenters. The number of fused-ring (bicyclic) bond motifs is 1. The second-order valence-electron chi connectivity index (χ2n) is 4.00. The Morgan fingerprint density at radius 3 is 3.20 bits per heavy atom. The van der Waals surface area contributed by atoms with Crippen LogP contribution in [0, 0.1) is 6.92 Å². The lowest BCUT2D eigenvalue weighted by Gasteiger charge is -2.05. The van der Waals surface area contributed by atoms with Crippen molar-refractivity contribution >= 4 is 17.4 Å². The number of hydrogen-bond acceptors (Lipinski definition) is 3. The van der Waals surface area contributed by atoms with Crippen molar-refractivity contribution in [1.82, 2.24) is 14.6 Å². The Bertz CT molecular complexity index is 486. The molecule has 4 heteroatoms. The van der Waals surface area contributed by atoms with Crippen LogP contribution in [0.3, 0.4) is 0 Å². The number of hydrogen-bond donors (Lipinski definition) is 0. The maximum atomic E-state index is 4.34. The summed E-state index contributed by atoms with van der Waals surface area (Å²) in [5, 5.41) is 8.60. The number of aromatic nitrogens is 3. The quantitative estimate of drug-likeness (QED) is 0.737. The first-order chi connectivity index (χ1) is 7.36. The summed E-state index contributed by atoms with van der Waals surface area (Å²) in [5.74, 6) is 4.17. The van der Waals surface area contributed by atoms with Crippen molar-refractivity contribution < 1.29 is 0 Å². The van der Waals surface area contributed by atoms with Crippen molar-refractivity contribution in [3.63, 3.8) is 0 Å². The lowest BCUT2D eigenvalue weighted by atomic mass is 10.1. The van der Waals surface area contributed by atoms with Gasteiger partial charge in [0.15, 0.2) is 5.65 Å². The molecule has 1 aliphatic heterocycles. The summed E-state index contributed by atoms with van der Waals surface area (Å²) in [7, 11) is 0. The average Bonchev–Trinajstić information content (AvgIpc) is 2.85. The monoisotopic (exact) mass is 219 g/mol. The topological polar surface area (TPSA) is 30.2 Å². The van der Waals surface area contributed by atoms with Crippen LogP contribution < -0.4 is 0 Å². The first kappa shape index (κ1) is 9.21. The molecule has 0 amide bonds. The zero-order valence-electron chi connectivity index (χ0n) is 8.68. The van der Waals surface area contributed by atoms with E-state index in [0.717, 1.165) is 11.5 Å². The van der Waals surface area contributed by atoms with Crippen LogP contribution in [0.1, 0.15) is 23.7 Å². The van der Waals surface area contributed by atoms with Gasteiger partial charge in [-0.05, 0) is 30.7 Å². The van der Waals surface area contributed by atoms with E-state index < -0.39 is 0 Å². The summed E-state index contributed by atoms with van der Waals surface area (Å²) < 4.78 is 2.14. The van der Waals surface area contributed by atoms with Crippen molar-refractivity contribution in [2.24, 2.45) is 0 Å². The molecule has 15 heavy (non-hydrogen) atoms. The lowest BCUT2D eigenvalue weighted by molar-refractivity contribution is 0.705. The standard InChI is InChI=1S/C11H13N3S/c1-8-3-2-5-14-10(8)12-13-11(14)9-4-6-15-7-9/h2-3,5,9H,4,6-7H2,1H3. The van der Waals surface area contributed by atoms with Crippen LogP contribution >= 0.6 is 11.8 Å². The molecule has 3 heterocycles. The second-order valence-corrected chi connectivity index (χ2v) is 5.15. The van der Waals surface area contributed by atoms with Gasteiger partial charge in [0.1, 0.15) is 5.82 Å². The van der Waals surface area contributed by atoms with Crippen molar-refractivity contribution in [3.8, 4) is 0 Å². The third-order valence-corrected chi connectivity index (χ3v) is 4.11. The van der Waals surface area contributed by atoms with Gasteiger partial charge in [-0.1, -0.05) is 6.07 Å². The molecular formula is C11H13N3S. The van der Waals surface area contributed by atoms with Gasteiger partial charge in [0.25, 0.3) is 0 Å². The second kappa shape index (κ2) is 3.52. The molecule has 1 fully saturated rings. The first-order valence-corrected chi connectivity index (χ1v) is 6.40. The van der Waals surface area contributed by atoms with Gasteiger partial charge in [0.2, 0.25) is 0 Å². The minimum absolute atomic E-state index is 0.590. The first-order valence-electron chi connectivity index (χ1n) is 5.24. The van der Waals surface area contributed by atoms with E-state index in [4.69, 9.17) is 0 Å². The Labute approximate surface area is 92.9 Å². The van der Waals surface area contributed by atoms with Gasteiger partial charge in [0.05, 0.1) is 0 Å².